The Balaban J connectivity index is 1.91. The van der Waals surface area contributed by atoms with E-state index in [1.807, 2.05) is 47.0 Å². The normalized spacial score (nSPS) is 11.5. The predicted octanol–water partition coefficient (Wildman–Crippen LogP) is 7.59. The minimum Gasteiger partial charge on any atom is -0.495 e. The monoisotopic (exact) mass is 551 g/mol. The van der Waals surface area contributed by atoms with Crippen molar-refractivity contribution in [3.8, 4) is 17.0 Å². The van der Waals surface area contributed by atoms with Gasteiger partial charge in [-0.1, -0.05) is 45.2 Å². The zero-order valence-electron chi connectivity index (χ0n) is 15.0. The van der Waals surface area contributed by atoms with Gasteiger partial charge in [0.1, 0.15) is 17.1 Å². The van der Waals surface area contributed by atoms with Gasteiger partial charge in [-0.15, -0.1) is 0 Å². The van der Waals surface area contributed by atoms with E-state index in [0.29, 0.717) is 27.3 Å². The van der Waals surface area contributed by atoms with Gasteiger partial charge in [-0.2, -0.15) is 0 Å². The Morgan fingerprint density at radius 2 is 1.93 bits per heavy atom. The molecule has 146 valence electrons. The second kappa shape index (κ2) is 8.48. The summed E-state index contributed by atoms with van der Waals surface area (Å²) in [5.41, 5.74) is 3.01. The summed E-state index contributed by atoms with van der Waals surface area (Å²) in [5, 5.41) is 1.08. The summed E-state index contributed by atoms with van der Waals surface area (Å²) < 4.78 is 9.17. The van der Waals surface area contributed by atoms with Crippen LogP contribution in [0.4, 0.5) is 5.82 Å². The first-order valence-corrected chi connectivity index (χ1v) is 10.8. The lowest BCUT2D eigenvalue weighted by molar-refractivity contribution is 0.411. The van der Waals surface area contributed by atoms with E-state index in [1.165, 1.54) is 0 Å². The number of halogens is 4. The summed E-state index contributed by atoms with van der Waals surface area (Å²) in [6.45, 7) is 0. The Bertz CT molecular complexity index is 1250. The van der Waals surface area contributed by atoms with Crippen LogP contribution in [0.15, 0.2) is 68.7 Å². The van der Waals surface area contributed by atoms with Crippen molar-refractivity contribution in [2.75, 3.05) is 7.11 Å². The first-order valence-electron chi connectivity index (χ1n) is 8.47. The Morgan fingerprint density at radius 1 is 1.10 bits per heavy atom. The third kappa shape index (κ3) is 4.08. The van der Waals surface area contributed by atoms with Crippen LogP contribution in [0.25, 0.3) is 16.9 Å². The van der Waals surface area contributed by atoms with Crippen LogP contribution in [-0.2, 0) is 0 Å². The number of aliphatic imine (C=N–C) groups is 1. The van der Waals surface area contributed by atoms with Crippen LogP contribution in [0.1, 0.15) is 5.56 Å². The van der Waals surface area contributed by atoms with Crippen molar-refractivity contribution in [3.63, 3.8) is 0 Å². The number of imidazole rings is 1. The lowest BCUT2D eigenvalue weighted by atomic mass is 10.1. The van der Waals surface area contributed by atoms with E-state index in [-0.39, 0.29) is 0 Å². The molecular weight excluding hydrogens is 541 g/mol. The summed E-state index contributed by atoms with van der Waals surface area (Å²) in [5.74, 6) is 1.35. The molecule has 2 aromatic carbocycles. The molecule has 0 aliphatic heterocycles. The molecule has 2 heterocycles. The van der Waals surface area contributed by atoms with Crippen molar-refractivity contribution < 1.29 is 4.74 Å². The molecule has 0 amide bonds. The maximum absolute atomic E-state index is 6.45. The Labute approximate surface area is 194 Å². The van der Waals surface area contributed by atoms with Gasteiger partial charge in [0.25, 0.3) is 0 Å². The molecule has 8 heteroatoms. The van der Waals surface area contributed by atoms with E-state index in [1.54, 1.807) is 25.5 Å². The van der Waals surface area contributed by atoms with E-state index in [9.17, 15) is 0 Å². The highest BCUT2D eigenvalue weighted by Crippen LogP contribution is 2.37. The Morgan fingerprint density at radius 3 is 2.69 bits per heavy atom. The lowest BCUT2D eigenvalue weighted by Crippen LogP contribution is -1.93. The molecule has 4 nitrogen and oxygen atoms in total. The standard InChI is InChI=1S/C21H13Br2Cl2N3O/c1-29-20-12(8-13(22)9-16(20)23)11-26-21-19(15-6-5-14(24)10-17(15)25)27-18-4-2-3-7-28(18)21/h2-11H,1H3/b26-11+. The molecule has 29 heavy (non-hydrogen) atoms. The average molecular weight is 554 g/mol. The highest BCUT2D eigenvalue weighted by molar-refractivity contribution is 9.11. The van der Waals surface area contributed by atoms with Crippen molar-refractivity contribution in [2.24, 2.45) is 4.99 Å². The molecule has 4 rings (SSSR count). The zero-order chi connectivity index (χ0) is 20.5. The molecule has 0 fully saturated rings. The fourth-order valence-corrected chi connectivity index (χ4v) is 4.91. The van der Waals surface area contributed by atoms with Gasteiger partial charge >= 0.3 is 0 Å². The third-order valence-corrected chi connectivity index (χ3v) is 5.85. The molecule has 0 aliphatic carbocycles. The maximum Gasteiger partial charge on any atom is 0.165 e. The SMILES string of the molecule is COc1c(Br)cc(Br)cc1/C=N/c1c(-c2ccc(Cl)cc2Cl)nc2ccccn12. The molecule has 0 aliphatic rings. The van der Waals surface area contributed by atoms with E-state index in [0.717, 1.165) is 25.7 Å². The fraction of sp³-hybridized carbons (Fsp3) is 0.0476. The zero-order valence-corrected chi connectivity index (χ0v) is 19.7. The van der Waals surface area contributed by atoms with Crippen LogP contribution in [0, 0.1) is 0 Å². The summed E-state index contributed by atoms with van der Waals surface area (Å²) in [6.07, 6.45) is 3.66. The van der Waals surface area contributed by atoms with Crippen molar-refractivity contribution in [1.29, 1.82) is 0 Å². The molecule has 0 atom stereocenters. The Hall–Kier alpha value is -1.86. The molecule has 0 N–H and O–H groups in total. The smallest absolute Gasteiger partial charge is 0.165 e. The van der Waals surface area contributed by atoms with Crippen LogP contribution in [0.5, 0.6) is 5.75 Å². The minimum atomic E-state index is 0.514. The number of nitrogens with zero attached hydrogens (tertiary/aromatic N) is 3. The largest absolute Gasteiger partial charge is 0.495 e. The molecule has 4 aromatic rings. The molecule has 0 bridgehead atoms. The molecule has 0 saturated heterocycles. The second-order valence-corrected chi connectivity index (χ2v) is 8.72. The van der Waals surface area contributed by atoms with Gasteiger partial charge in [0.2, 0.25) is 0 Å². The number of aromatic nitrogens is 2. The molecule has 0 spiro atoms. The quantitative estimate of drug-likeness (QED) is 0.244. The number of hydrogen-bond donors (Lipinski definition) is 0. The van der Waals surface area contributed by atoms with Gasteiger partial charge in [-0.25, -0.2) is 9.98 Å². The van der Waals surface area contributed by atoms with E-state index < -0.39 is 0 Å². The van der Waals surface area contributed by atoms with Gasteiger partial charge in [0.05, 0.1) is 16.6 Å². The number of rotatable bonds is 4. The molecule has 2 aromatic heterocycles. The maximum atomic E-state index is 6.45. The highest BCUT2D eigenvalue weighted by atomic mass is 79.9. The first-order chi connectivity index (χ1) is 14.0. The molecule has 0 unspecified atom stereocenters. The van der Waals surface area contributed by atoms with Gasteiger partial charge in [-0.05, 0) is 58.4 Å². The second-order valence-electron chi connectivity index (χ2n) is 6.11. The van der Waals surface area contributed by atoms with E-state index in [2.05, 4.69) is 31.9 Å². The Kier molecular flexibility index (Phi) is 5.97. The van der Waals surface area contributed by atoms with Crippen LogP contribution in [-0.4, -0.2) is 22.7 Å². The van der Waals surface area contributed by atoms with E-state index >= 15 is 0 Å². The van der Waals surface area contributed by atoms with Crippen molar-refractivity contribution >= 4 is 72.7 Å². The number of ether oxygens (including phenoxy) is 1. The average Bonchev–Trinajstić information content (AvgIpc) is 3.04. The number of benzene rings is 2. The van der Waals surface area contributed by atoms with Gasteiger partial charge < -0.3 is 4.74 Å². The van der Waals surface area contributed by atoms with Crippen molar-refractivity contribution in [1.82, 2.24) is 9.38 Å². The molecule has 0 radical (unpaired) electrons. The number of fused-ring (bicyclic) bond motifs is 1. The molecular formula is C21H13Br2Cl2N3O. The number of methoxy groups -OCH3 is 1. The summed E-state index contributed by atoms with van der Waals surface area (Å²) in [4.78, 5) is 9.49. The predicted molar refractivity (Wildman–Crippen MR) is 126 cm³/mol. The summed E-state index contributed by atoms with van der Waals surface area (Å²) >= 11 is 19.5. The van der Waals surface area contributed by atoms with Crippen molar-refractivity contribution in [3.05, 3.63) is 79.3 Å². The highest BCUT2D eigenvalue weighted by Gasteiger charge is 2.16. The molecule has 0 saturated carbocycles. The third-order valence-electron chi connectivity index (χ3n) is 4.26. The number of hydrogen-bond acceptors (Lipinski definition) is 3. The van der Waals surface area contributed by atoms with Crippen LogP contribution in [0.3, 0.4) is 0 Å². The van der Waals surface area contributed by atoms with Crippen LogP contribution in [0.2, 0.25) is 10.0 Å². The van der Waals surface area contributed by atoms with Crippen molar-refractivity contribution in [2.45, 2.75) is 0 Å². The minimum absolute atomic E-state index is 0.514. The van der Waals surface area contributed by atoms with Gasteiger partial charge in [0, 0.05) is 33.0 Å². The van der Waals surface area contributed by atoms with Gasteiger partial charge in [-0.3, -0.25) is 4.40 Å². The van der Waals surface area contributed by atoms with E-state index in [4.69, 9.17) is 37.9 Å². The first kappa shape index (κ1) is 20.4. The van der Waals surface area contributed by atoms with Gasteiger partial charge in [0.15, 0.2) is 5.82 Å². The van der Waals surface area contributed by atoms with Crippen LogP contribution < -0.4 is 4.74 Å². The summed E-state index contributed by atoms with van der Waals surface area (Å²) in [7, 11) is 1.62. The number of pyridine rings is 1. The lowest BCUT2D eigenvalue weighted by Gasteiger charge is -2.08. The summed E-state index contributed by atoms with van der Waals surface area (Å²) in [6, 6.07) is 15.0. The topological polar surface area (TPSA) is 38.9 Å². The van der Waals surface area contributed by atoms with Crippen LogP contribution >= 0.6 is 55.1 Å². The fourth-order valence-electron chi connectivity index (χ4n) is 2.99.